The molecule has 0 aliphatic rings. The number of hydrogen-bond acceptors (Lipinski definition) is 6. The Bertz CT molecular complexity index is 808. The van der Waals surface area contributed by atoms with E-state index in [1.54, 1.807) is 24.0 Å². The molecule has 0 saturated heterocycles. The molecule has 152 valence electrons. The number of aromatic nitrogens is 1. The summed E-state index contributed by atoms with van der Waals surface area (Å²) in [5.41, 5.74) is 1.24. The second kappa shape index (κ2) is 9.78. The molecule has 0 aliphatic heterocycles. The van der Waals surface area contributed by atoms with Crippen LogP contribution in [0.2, 0.25) is 0 Å². The highest BCUT2D eigenvalue weighted by Crippen LogP contribution is 2.27. The lowest BCUT2D eigenvalue weighted by Gasteiger charge is -2.32. The van der Waals surface area contributed by atoms with Crippen LogP contribution in [0.1, 0.15) is 56.4 Å². The summed E-state index contributed by atoms with van der Waals surface area (Å²) in [6, 6.07) is 9.13. The Morgan fingerprint density at radius 3 is 2.36 bits per heavy atom. The standard InChI is InChI=1S/C21H28N2O4S/c1-13(2)23(14(3)4)20(24)16(6)26-21(25)18-9-7-8-10-19(18)28-12-17-11-15(5)27-22-17/h7-11,13-14,16H,12H2,1-6H3/t16-/m0/s1. The number of thioether (sulfide) groups is 1. The smallest absolute Gasteiger partial charge is 0.340 e. The van der Waals surface area contributed by atoms with Crippen LogP contribution in [-0.4, -0.2) is 40.1 Å². The van der Waals surface area contributed by atoms with Gasteiger partial charge in [0.05, 0.1) is 11.3 Å². The Morgan fingerprint density at radius 1 is 1.14 bits per heavy atom. The monoisotopic (exact) mass is 404 g/mol. The molecule has 1 heterocycles. The molecule has 0 aliphatic carbocycles. The molecule has 28 heavy (non-hydrogen) atoms. The number of benzene rings is 1. The van der Waals surface area contributed by atoms with E-state index in [0.29, 0.717) is 11.3 Å². The number of amides is 1. The van der Waals surface area contributed by atoms with Gasteiger partial charge in [0.25, 0.3) is 5.91 Å². The molecule has 0 spiro atoms. The molecule has 0 unspecified atom stereocenters. The molecular formula is C21H28N2O4S. The van der Waals surface area contributed by atoms with Crippen LogP contribution in [0.15, 0.2) is 39.8 Å². The third-order valence-electron chi connectivity index (χ3n) is 4.16. The lowest BCUT2D eigenvalue weighted by atomic mass is 10.2. The number of nitrogens with zero attached hydrogens (tertiary/aromatic N) is 2. The van der Waals surface area contributed by atoms with Crippen LogP contribution >= 0.6 is 11.8 Å². The predicted molar refractivity (Wildman–Crippen MR) is 109 cm³/mol. The maximum absolute atomic E-state index is 12.7. The van der Waals surface area contributed by atoms with Crippen LogP contribution in [0.5, 0.6) is 0 Å². The Labute approximate surface area is 170 Å². The molecule has 0 fully saturated rings. The van der Waals surface area contributed by atoms with Gasteiger partial charge in [0, 0.05) is 28.8 Å². The second-order valence-corrected chi connectivity index (χ2v) is 8.21. The van der Waals surface area contributed by atoms with Crippen LogP contribution in [0, 0.1) is 6.92 Å². The SMILES string of the molecule is Cc1cc(CSc2ccccc2C(=O)O[C@@H](C)C(=O)N(C(C)C)C(C)C)no1. The summed E-state index contributed by atoms with van der Waals surface area (Å²) in [4.78, 5) is 27.9. The van der Waals surface area contributed by atoms with Crippen molar-refractivity contribution in [1.29, 1.82) is 0 Å². The number of rotatable bonds is 8. The van der Waals surface area contributed by atoms with Gasteiger partial charge in [-0.3, -0.25) is 4.79 Å². The first-order chi connectivity index (χ1) is 13.2. The number of hydrogen-bond donors (Lipinski definition) is 0. The van der Waals surface area contributed by atoms with Crippen LogP contribution in [-0.2, 0) is 15.3 Å². The molecule has 0 radical (unpaired) electrons. The summed E-state index contributed by atoms with van der Waals surface area (Å²) >= 11 is 1.47. The Kier molecular flexibility index (Phi) is 7.69. The van der Waals surface area contributed by atoms with Crippen molar-refractivity contribution < 1.29 is 18.8 Å². The van der Waals surface area contributed by atoms with Crippen LogP contribution in [0.3, 0.4) is 0 Å². The third kappa shape index (κ3) is 5.61. The minimum Gasteiger partial charge on any atom is -0.449 e. The van der Waals surface area contributed by atoms with E-state index in [0.717, 1.165) is 16.3 Å². The molecule has 6 nitrogen and oxygen atoms in total. The summed E-state index contributed by atoms with van der Waals surface area (Å²) in [5.74, 6) is 0.620. The van der Waals surface area contributed by atoms with Gasteiger partial charge < -0.3 is 14.2 Å². The second-order valence-electron chi connectivity index (χ2n) is 7.19. The Morgan fingerprint density at radius 2 is 1.79 bits per heavy atom. The van der Waals surface area contributed by atoms with E-state index in [1.807, 2.05) is 52.8 Å². The van der Waals surface area contributed by atoms with Crippen LogP contribution < -0.4 is 0 Å². The minimum atomic E-state index is -0.853. The van der Waals surface area contributed by atoms with Crippen molar-refractivity contribution in [1.82, 2.24) is 10.1 Å². The van der Waals surface area contributed by atoms with Crippen molar-refractivity contribution in [3.8, 4) is 0 Å². The number of carbonyl (C=O) groups is 2. The third-order valence-corrected chi connectivity index (χ3v) is 5.27. The van der Waals surface area contributed by atoms with Crippen LogP contribution in [0.25, 0.3) is 0 Å². The molecule has 2 aromatic rings. The first-order valence-electron chi connectivity index (χ1n) is 9.37. The van der Waals surface area contributed by atoms with Gasteiger partial charge in [-0.05, 0) is 53.7 Å². The van der Waals surface area contributed by atoms with E-state index >= 15 is 0 Å². The van der Waals surface area contributed by atoms with Gasteiger partial charge in [0.15, 0.2) is 6.10 Å². The predicted octanol–water partition coefficient (Wildman–Crippen LogP) is 4.47. The highest BCUT2D eigenvalue weighted by atomic mass is 32.2. The molecule has 2 rings (SSSR count). The highest BCUT2D eigenvalue weighted by molar-refractivity contribution is 7.98. The maximum atomic E-state index is 12.7. The molecule has 1 aromatic carbocycles. The summed E-state index contributed by atoms with van der Waals surface area (Å²) in [5, 5.41) is 3.97. The lowest BCUT2D eigenvalue weighted by molar-refractivity contribution is -0.143. The maximum Gasteiger partial charge on any atom is 0.340 e. The van der Waals surface area contributed by atoms with Gasteiger partial charge in [-0.25, -0.2) is 4.79 Å². The fraction of sp³-hybridized carbons (Fsp3) is 0.476. The zero-order chi connectivity index (χ0) is 20.8. The molecule has 0 N–H and O–H groups in total. The zero-order valence-corrected chi connectivity index (χ0v) is 18.1. The van der Waals surface area contributed by atoms with E-state index in [-0.39, 0.29) is 18.0 Å². The summed E-state index contributed by atoms with van der Waals surface area (Å²) in [7, 11) is 0. The summed E-state index contributed by atoms with van der Waals surface area (Å²) in [6.45, 7) is 11.2. The largest absolute Gasteiger partial charge is 0.449 e. The Balaban J connectivity index is 2.08. The van der Waals surface area contributed by atoms with E-state index in [9.17, 15) is 9.59 Å². The number of carbonyl (C=O) groups excluding carboxylic acids is 2. The fourth-order valence-corrected chi connectivity index (χ4v) is 3.91. The lowest BCUT2D eigenvalue weighted by Crippen LogP contribution is -2.47. The van der Waals surface area contributed by atoms with Gasteiger partial charge in [-0.1, -0.05) is 17.3 Å². The van der Waals surface area contributed by atoms with Crippen molar-refractivity contribution in [2.24, 2.45) is 0 Å². The Hall–Kier alpha value is -2.28. The number of esters is 1. The highest BCUT2D eigenvalue weighted by Gasteiger charge is 2.28. The average molecular weight is 405 g/mol. The van der Waals surface area contributed by atoms with Crippen molar-refractivity contribution in [3.05, 3.63) is 47.3 Å². The first kappa shape index (κ1) is 22.0. The van der Waals surface area contributed by atoms with Crippen LogP contribution in [0.4, 0.5) is 0 Å². The zero-order valence-electron chi connectivity index (χ0n) is 17.3. The van der Waals surface area contributed by atoms with Gasteiger partial charge in [0.2, 0.25) is 0 Å². The average Bonchev–Trinajstić information content (AvgIpc) is 3.04. The molecule has 1 amide bonds. The van der Waals surface area contributed by atoms with Gasteiger partial charge in [-0.2, -0.15) is 0 Å². The number of ether oxygens (including phenoxy) is 1. The molecule has 0 bridgehead atoms. The van der Waals surface area contributed by atoms with Gasteiger partial charge >= 0.3 is 5.97 Å². The topological polar surface area (TPSA) is 72.6 Å². The van der Waals surface area contributed by atoms with Crippen molar-refractivity contribution in [2.75, 3.05) is 0 Å². The van der Waals surface area contributed by atoms with Gasteiger partial charge in [-0.15, -0.1) is 11.8 Å². The fourth-order valence-electron chi connectivity index (χ4n) is 2.99. The van der Waals surface area contributed by atoms with Crippen molar-refractivity contribution in [3.63, 3.8) is 0 Å². The van der Waals surface area contributed by atoms with E-state index in [2.05, 4.69) is 5.16 Å². The molecule has 7 heteroatoms. The van der Waals surface area contributed by atoms with E-state index in [1.165, 1.54) is 11.8 Å². The van der Waals surface area contributed by atoms with E-state index in [4.69, 9.17) is 9.26 Å². The van der Waals surface area contributed by atoms with E-state index < -0.39 is 12.1 Å². The summed E-state index contributed by atoms with van der Waals surface area (Å²) in [6.07, 6.45) is -0.853. The molecule has 1 aromatic heterocycles. The summed E-state index contributed by atoms with van der Waals surface area (Å²) < 4.78 is 10.6. The quantitative estimate of drug-likeness (QED) is 0.478. The number of aryl methyl sites for hydroxylation is 1. The molecular weight excluding hydrogens is 376 g/mol. The van der Waals surface area contributed by atoms with Crippen molar-refractivity contribution in [2.45, 2.75) is 70.4 Å². The minimum absolute atomic E-state index is 0.0300. The van der Waals surface area contributed by atoms with Crippen molar-refractivity contribution >= 4 is 23.6 Å². The molecule has 0 saturated carbocycles. The normalized spacial score (nSPS) is 12.3. The molecule has 1 atom stereocenters. The first-order valence-corrected chi connectivity index (χ1v) is 10.4. The van der Waals surface area contributed by atoms with Gasteiger partial charge in [0.1, 0.15) is 5.76 Å².